The Bertz CT molecular complexity index is 1220. The monoisotopic (exact) mass is 465 g/mol. The molecule has 3 aromatic carbocycles. The van der Waals surface area contributed by atoms with Gasteiger partial charge in [-0.15, -0.1) is 0 Å². The first-order valence-corrected chi connectivity index (χ1v) is 10.7. The molecule has 7 heteroatoms. The van der Waals surface area contributed by atoms with Crippen LogP contribution in [-0.4, -0.2) is 23.9 Å². The lowest BCUT2D eigenvalue weighted by Gasteiger charge is -2.27. The predicted octanol–water partition coefficient (Wildman–Crippen LogP) is 5.59. The topological polar surface area (TPSA) is 66.8 Å². The molecule has 0 radical (unpaired) electrons. The Labute approximate surface area is 195 Å². The van der Waals surface area contributed by atoms with Crippen molar-refractivity contribution in [3.8, 4) is 5.75 Å². The van der Waals surface area contributed by atoms with Crippen LogP contribution in [0.2, 0.25) is 5.02 Å². The van der Waals surface area contributed by atoms with Gasteiger partial charge < -0.3 is 9.84 Å². The number of rotatable bonds is 7. The molecular formula is C26H21ClFNO4. The van der Waals surface area contributed by atoms with E-state index in [-0.39, 0.29) is 28.5 Å². The normalized spacial score (nSPS) is 15.8. The fraction of sp³-hybridized carbons (Fsp3) is 0.154. The molecule has 1 aliphatic heterocycles. The number of methoxy groups -OCH3 is 1. The van der Waals surface area contributed by atoms with E-state index in [4.69, 9.17) is 16.3 Å². The molecule has 1 heterocycles. The van der Waals surface area contributed by atoms with Crippen LogP contribution in [0.15, 0.2) is 84.1 Å². The molecule has 4 rings (SSSR count). The summed E-state index contributed by atoms with van der Waals surface area (Å²) in [7, 11) is 1.53. The molecule has 0 aliphatic carbocycles. The molecule has 3 aromatic rings. The summed E-state index contributed by atoms with van der Waals surface area (Å²) in [6.45, 7) is 0. The van der Waals surface area contributed by atoms with E-state index >= 15 is 0 Å². The minimum Gasteiger partial charge on any atom is -0.503 e. The minimum absolute atomic E-state index is 0.00143. The summed E-state index contributed by atoms with van der Waals surface area (Å²) >= 11 is 5.95. The number of Topliss-reactive ketones (excluding diaryl/α,β-unsaturated/α-hetero) is 1. The van der Waals surface area contributed by atoms with E-state index in [2.05, 4.69) is 0 Å². The zero-order valence-electron chi connectivity index (χ0n) is 17.8. The average molecular weight is 466 g/mol. The minimum atomic E-state index is -0.895. The van der Waals surface area contributed by atoms with Gasteiger partial charge in [0.25, 0.3) is 5.91 Å². The smallest absolute Gasteiger partial charge is 0.294 e. The molecule has 1 aliphatic rings. The molecular weight excluding hydrogens is 445 g/mol. The number of carbonyl (C=O) groups excluding carboxylic acids is 2. The number of hydrogen-bond acceptors (Lipinski definition) is 4. The molecule has 1 amide bonds. The van der Waals surface area contributed by atoms with E-state index in [0.717, 1.165) is 11.6 Å². The number of aliphatic hydroxyl groups excluding tert-OH is 1. The molecule has 1 atom stereocenters. The molecule has 0 aromatic heterocycles. The molecule has 1 unspecified atom stereocenters. The van der Waals surface area contributed by atoms with Crippen molar-refractivity contribution in [2.24, 2.45) is 0 Å². The number of aryl methyl sites for hydroxylation is 1. The van der Waals surface area contributed by atoms with Crippen LogP contribution in [0.1, 0.15) is 23.6 Å². The number of anilines is 1. The average Bonchev–Trinajstić information content (AvgIpc) is 3.10. The number of ether oxygens (including phenoxy) is 1. The number of aliphatic hydroxyl groups is 1. The van der Waals surface area contributed by atoms with Crippen molar-refractivity contribution in [1.82, 2.24) is 0 Å². The van der Waals surface area contributed by atoms with E-state index in [1.165, 1.54) is 24.1 Å². The highest BCUT2D eigenvalue weighted by Crippen LogP contribution is 2.42. The molecule has 0 saturated heterocycles. The Balaban J connectivity index is 1.74. The van der Waals surface area contributed by atoms with Crippen LogP contribution in [0, 0.1) is 5.82 Å². The van der Waals surface area contributed by atoms with Gasteiger partial charge in [-0.1, -0.05) is 54.1 Å². The Hall–Kier alpha value is -3.64. The number of amides is 1. The predicted molar refractivity (Wildman–Crippen MR) is 124 cm³/mol. The Morgan fingerprint density at radius 1 is 1.09 bits per heavy atom. The molecule has 33 heavy (non-hydrogen) atoms. The van der Waals surface area contributed by atoms with E-state index in [0.29, 0.717) is 17.7 Å². The van der Waals surface area contributed by atoms with Gasteiger partial charge in [0.15, 0.2) is 11.5 Å². The number of halogens is 2. The summed E-state index contributed by atoms with van der Waals surface area (Å²) in [5.74, 6) is -1.74. The highest BCUT2D eigenvalue weighted by molar-refractivity contribution is 6.31. The lowest BCUT2D eigenvalue weighted by atomic mass is 9.93. The van der Waals surface area contributed by atoms with Crippen LogP contribution in [0.25, 0.3) is 0 Å². The van der Waals surface area contributed by atoms with Crippen molar-refractivity contribution in [3.63, 3.8) is 0 Å². The Morgan fingerprint density at radius 2 is 1.79 bits per heavy atom. The largest absolute Gasteiger partial charge is 0.503 e. The highest BCUT2D eigenvalue weighted by atomic mass is 35.5. The second-order valence-electron chi connectivity index (χ2n) is 7.62. The number of benzene rings is 3. The fourth-order valence-corrected chi connectivity index (χ4v) is 4.10. The lowest BCUT2D eigenvalue weighted by molar-refractivity contribution is -0.118. The third-order valence-electron chi connectivity index (χ3n) is 5.60. The van der Waals surface area contributed by atoms with Crippen LogP contribution in [0.3, 0.4) is 0 Å². The van der Waals surface area contributed by atoms with Crippen LogP contribution >= 0.6 is 11.6 Å². The second kappa shape index (κ2) is 9.46. The maximum absolute atomic E-state index is 13.8. The maximum Gasteiger partial charge on any atom is 0.294 e. The first-order valence-electron chi connectivity index (χ1n) is 10.3. The van der Waals surface area contributed by atoms with E-state index in [1.807, 2.05) is 30.3 Å². The zero-order chi connectivity index (χ0) is 23.5. The Morgan fingerprint density at radius 3 is 2.42 bits per heavy atom. The van der Waals surface area contributed by atoms with E-state index < -0.39 is 23.5 Å². The van der Waals surface area contributed by atoms with Crippen LogP contribution in [0.4, 0.5) is 10.1 Å². The van der Waals surface area contributed by atoms with Crippen LogP contribution < -0.4 is 9.64 Å². The van der Waals surface area contributed by atoms with Crippen molar-refractivity contribution >= 4 is 29.0 Å². The molecule has 1 N–H and O–H groups in total. The fourth-order valence-electron chi connectivity index (χ4n) is 3.93. The second-order valence-corrected chi connectivity index (χ2v) is 8.03. The first-order chi connectivity index (χ1) is 15.9. The van der Waals surface area contributed by atoms with Crippen LogP contribution in [-0.2, 0) is 16.0 Å². The molecule has 5 nitrogen and oxygen atoms in total. The Kier molecular flexibility index (Phi) is 6.47. The number of hydrogen-bond donors (Lipinski definition) is 1. The SMILES string of the molecule is COc1ccc(C2C(C(=O)CCc3ccccc3)=C(O)C(=O)N2c2ccc(F)c(Cl)c2)cc1. The van der Waals surface area contributed by atoms with Crippen molar-refractivity contribution in [3.05, 3.63) is 106 Å². The van der Waals surface area contributed by atoms with Gasteiger partial charge in [0.05, 0.1) is 23.7 Å². The lowest BCUT2D eigenvalue weighted by Crippen LogP contribution is -2.31. The van der Waals surface area contributed by atoms with Gasteiger partial charge in [-0.2, -0.15) is 0 Å². The summed E-state index contributed by atoms with van der Waals surface area (Å²) in [6.07, 6.45) is 0.573. The van der Waals surface area contributed by atoms with Gasteiger partial charge in [0, 0.05) is 12.1 Å². The summed E-state index contributed by atoms with van der Waals surface area (Å²) < 4.78 is 19.0. The molecule has 0 saturated carbocycles. The molecule has 0 spiro atoms. The van der Waals surface area contributed by atoms with Gasteiger partial charge in [0.1, 0.15) is 11.6 Å². The van der Waals surface area contributed by atoms with Gasteiger partial charge in [0.2, 0.25) is 0 Å². The summed E-state index contributed by atoms with van der Waals surface area (Å²) in [6, 6.07) is 19.3. The zero-order valence-corrected chi connectivity index (χ0v) is 18.6. The molecule has 0 fully saturated rings. The molecule has 168 valence electrons. The van der Waals surface area contributed by atoms with Crippen molar-refractivity contribution in [2.45, 2.75) is 18.9 Å². The van der Waals surface area contributed by atoms with Gasteiger partial charge in [-0.3, -0.25) is 14.5 Å². The van der Waals surface area contributed by atoms with Crippen LogP contribution in [0.5, 0.6) is 5.75 Å². The quantitative estimate of drug-likeness (QED) is 0.494. The molecule has 0 bridgehead atoms. The van der Waals surface area contributed by atoms with E-state index in [9.17, 15) is 19.1 Å². The third kappa shape index (κ3) is 4.47. The van der Waals surface area contributed by atoms with Crippen molar-refractivity contribution < 1.29 is 23.8 Å². The summed E-state index contributed by atoms with van der Waals surface area (Å²) in [5.41, 5.74) is 1.83. The van der Waals surface area contributed by atoms with E-state index in [1.54, 1.807) is 24.3 Å². The van der Waals surface area contributed by atoms with Gasteiger partial charge >= 0.3 is 0 Å². The number of ketones is 1. The number of carbonyl (C=O) groups is 2. The highest BCUT2D eigenvalue weighted by Gasteiger charge is 2.44. The summed E-state index contributed by atoms with van der Waals surface area (Å²) in [5, 5.41) is 10.6. The summed E-state index contributed by atoms with van der Waals surface area (Å²) in [4.78, 5) is 27.6. The standard InChI is InChI=1S/C26H21ClFNO4/c1-33-19-11-8-17(9-12-19)24-23(22(30)14-7-16-5-3-2-4-6-16)25(31)26(32)29(24)18-10-13-21(28)20(27)15-18/h2-6,8-13,15,24,31H,7,14H2,1H3. The van der Waals surface area contributed by atoms with Gasteiger partial charge in [-0.25, -0.2) is 4.39 Å². The van der Waals surface area contributed by atoms with Crippen molar-refractivity contribution in [2.75, 3.05) is 12.0 Å². The van der Waals surface area contributed by atoms with Crippen molar-refractivity contribution in [1.29, 1.82) is 0 Å². The maximum atomic E-state index is 13.8. The third-order valence-corrected chi connectivity index (χ3v) is 5.89. The van der Waals surface area contributed by atoms with Gasteiger partial charge in [-0.05, 0) is 47.9 Å². The number of nitrogens with zero attached hydrogens (tertiary/aromatic N) is 1. The first kappa shape index (κ1) is 22.6.